The first-order valence-electron chi connectivity index (χ1n) is 6.72. The van der Waals surface area contributed by atoms with E-state index in [1.54, 1.807) is 24.3 Å². The summed E-state index contributed by atoms with van der Waals surface area (Å²) in [5.41, 5.74) is 1.09. The quantitative estimate of drug-likeness (QED) is 0.827. The van der Waals surface area contributed by atoms with Crippen molar-refractivity contribution in [3.63, 3.8) is 0 Å². The molecule has 0 spiro atoms. The van der Waals surface area contributed by atoms with Gasteiger partial charge in [-0.05, 0) is 30.9 Å². The molecule has 0 aromatic heterocycles. The van der Waals surface area contributed by atoms with Crippen LogP contribution >= 0.6 is 0 Å². The summed E-state index contributed by atoms with van der Waals surface area (Å²) >= 11 is 0. The molecule has 1 aromatic rings. The second-order valence-electron chi connectivity index (χ2n) is 5.46. The molecule has 0 saturated carbocycles. The lowest BCUT2D eigenvalue weighted by Crippen LogP contribution is -2.40. The summed E-state index contributed by atoms with van der Waals surface area (Å²) in [7, 11) is -3.37. The van der Waals surface area contributed by atoms with Crippen molar-refractivity contribution in [3.8, 4) is 0 Å². The van der Waals surface area contributed by atoms with Gasteiger partial charge in [-0.15, -0.1) is 0 Å². The molecule has 1 saturated heterocycles. The van der Waals surface area contributed by atoms with E-state index in [1.165, 1.54) is 0 Å². The van der Waals surface area contributed by atoms with Crippen LogP contribution in [0.2, 0.25) is 0 Å². The van der Waals surface area contributed by atoms with Gasteiger partial charge in [0, 0.05) is 13.2 Å². The third-order valence-electron chi connectivity index (χ3n) is 3.53. The lowest BCUT2D eigenvalue weighted by atomic mass is 10.0. The monoisotopic (exact) mass is 299 g/mol. The van der Waals surface area contributed by atoms with E-state index < -0.39 is 10.0 Å². The SMILES string of the molecule is CC1(CNS(=O)(=O)Cc2ccc(CO)cc2)CCCO1. The Kier molecular flexibility index (Phi) is 4.80. The minimum atomic E-state index is -3.37. The highest BCUT2D eigenvalue weighted by atomic mass is 32.2. The topological polar surface area (TPSA) is 75.6 Å². The van der Waals surface area contributed by atoms with Gasteiger partial charge < -0.3 is 9.84 Å². The highest BCUT2D eigenvalue weighted by Gasteiger charge is 2.31. The van der Waals surface area contributed by atoms with Crippen LogP contribution in [0.3, 0.4) is 0 Å². The van der Waals surface area contributed by atoms with Gasteiger partial charge in [-0.25, -0.2) is 13.1 Å². The van der Waals surface area contributed by atoms with Crippen molar-refractivity contribution in [2.45, 2.75) is 37.7 Å². The van der Waals surface area contributed by atoms with Gasteiger partial charge in [0.05, 0.1) is 18.0 Å². The van der Waals surface area contributed by atoms with Crippen LogP contribution in [0.5, 0.6) is 0 Å². The molecule has 0 aliphatic carbocycles. The number of aliphatic hydroxyl groups is 1. The fourth-order valence-electron chi connectivity index (χ4n) is 2.25. The van der Waals surface area contributed by atoms with Gasteiger partial charge >= 0.3 is 0 Å². The maximum Gasteiger partial charge on any atom is 0.215 e. The Morgan fingerprint density at radius 3 is 2.50 bits per heavy atom. The fraction of sp³-hybridized carbons (Fsp3) is 0.571. The summed E-state index contributed by atoms with van der Waals surface area (Å²) in [5, 5.41) is 8.95. The standard InChI is InChI=1S/C14H21NO4S/c1-14(7-2-8-19-14)11-15-20(17,18)10-13-5-3-12(9-16)4-6-13/h3-6,15-16H,2,7-11H2,1H3. The summed E-state index contributed by atoms with van der Waals surface area (Å²) in [5.74, 6) is -0.0607. The van der Waals surface area contributed by atoms with Crippen molar-refractivity contribution in [1.29, 1.82) is 0 Å². The molecule has 1 aliphatic heterocycles. The Hall–Kier alpha value is -0.950. The van der Waals surface area contributed by atoms with Crippen molar-refractivity contribution >= 4 is 10.0 Å². The molecule has 5 nitrogen and oxygen atoms in total. The number of rotatable bonds is 6. The number of hydrogen-bond donors (Lipinski definition) is 2. The molecule has 1 heterocycles. The lowest BCUT2D eigenvalue weighted by Gasteiger charge is -2.23. The first-order valence-corrected chi connectivity index (χ1v) is 8.38. The van der Waals surface area contributed by atoms with E-state index in [9.17, 15) is 8.42 Å². The molecule has 1 unspecified atom stereocenters. The number of benzene rings is 1. The molecule has 20 heavy (non-hydrogen) atoms. The van der Waals surface area contributed by atoms with Crippen molar-refractivity contribution in [2.75, 3.05) is 13.2 Å². The van der Waals surface area contributed by atoms with Crippen molar-refractivity contribution in [2.24, 2.45) is 0 Å². The molecular formula is C14H21NO4S. The molecule has 1 aromatic carbocycles. The number of aliphatic hydroxyl groups excluding tert-OH is 1. The minimum Gasteiger partial charge on any atom is -0.392 e. The molecule has 1 fully saturated rings. The number of sulfonamides is 1. The summed E-state index contributed by atoms with van der Waals surface area (Å²) in [6.07, 6.45) is 1.85. The zero-order valence-electron chi connectivity index (χ0n) is 11.6. The first-order chi connectivity index (χ1) is 9.42. The summed E-state index contributed by atoms with van der Waals surface area (Å²) in [6.45, 7) is 2.89. The average molecular weight is 299 g/mol. The summed E-state index contributed by atoms with van der Waals surface area (Å²) in [4.78, 5) is 0. The van der Waals surface area contributed by atoms with Crippen molar-refractivity contribution in [1.82, 2.24) is 4.72 Å². The molecule has 0 radical (unpaired) electrons. The van der Waals surface area contributed by atoms with Gasteiger partial charge in [0.2, 0.25) is 10.0 Å². The Morgan fingerprint density at radius 2 is 1.95 bits per heavy atom. The maximum absolute atomic E-state index is 12.0. The van der Waals surface area contributed by atoms with Crippen LogP contribution in [-0.4, -0.2) is 32.3 Å². The van der Waals surface area contributed by atoms with Crippen LogP contribution in [0.25, 0.3) is 0 Å². The van der Waals surface area contributed by atoms with Crippen LogP contribution in [-0.2, 0) is 27.1 Å². The molecule has 1 atom stereocenters. The van der Waals surface area contributed by atoms with E-state index in [4.69, 9.17) is 9.84 Å². The van der Waals surface area contributed by atoms with Crippen LogP contribution in [0, 0.1) is 0 Å². The summed E-state index contributed by atoms with van der Waals surface area (Å²) < 4.78 is 32.3. The fourth-order valence-corrected chi connectivity index (χ4v) is 3.51. The lowest BCUT2D eigenvalue weighted by molar-refractivity contribution is 0.0250. The Labute approximate surface area is 120 Å². The smallest absolute Gasteiger partial charge is 0.215 e. The molecule has 2 N–H and O–H groups in total. The third-order valence-corrected chi connectivity index (χ3v) is 4.83. The van der Waals surface area contributed by atoms with E-state index >= 15 is 0 Å². The average Bonchev–Trinajstić information content (AvgIpc) is 2.85. The van der Waals surface area contributed by atoms with Crippen molar-refractivity contribution < 1.29 is 18.3 Å². The molecule has 0 amide bonds. The summed E-state index contributed by atoms with van der Waals surface area (Å²) in [6, 6.07) is 6.90. The normalized spacial score (nSPS) is 23.1. The zero-order chi connectivity index (χ0) is 14.6. The maximum atomic E-state index is 12.0. The van der Waals surface area contributed by atoms with Gasteiger partial charge in [-0.3, -0.25) is 0 Å². The Bertz CT molecular complexity index is 533. The van der Waals surface area contributed by atoms with E-state index in [-0.39, 0.29) is 18.0 Å². The molecule has 0 bridgehead atoms. The number of hydrogen-bond acceptors (Lipinski definition) is 4. The highest BCUT2D eigenvalue weighted by Crippen LogP contribution is 2.24. The van der Waals surface area contributed by atoms with Gasteiger partial charge in [0.1, 0.15) is 0 Å². The van der Waals surface area contributed by atoms with Crippen LogP contribution in [0.1, 0.15) is 30.9 Å². The van der Waals surface area contributed by atoms with E-state index in [1.807, 2.05) is 6.92 Å². The second kappa shape index (κ2) is 6.22. The largest absolute Gasteiger partial charge is 0.392 e. The zero-order valence-corrected chi connectivity index (χ0v) is 12.4. The van der Waals surface area contributed by atoms with E-state index in [0.717, 1.165) is 18.4 Å². The molecule has 2 rings (SSSR count). The van der Waals surface area contributed by atoms with Crippen LogP contribution in [0.4, 0.5) is 0 Å². The van der Waals surface area contributed by atoms with E-state index in [0.29, 0.717) is 18.7 Å². The van der Waals surface area contributed by atoms with Crippen LogP contribution < -0.4 is 4.72 Å². The second-order valence-corrected chi connectivity index (χ2v) is 7.26. The Balaban J connectivity index is 1.92. The van der Waals surface area contributed by atoms with E-state index in [2.05, 4.69) is 4.72 Å². The minimum absolute atomic E-state index is 0.0407. The predicted octanol–water partition coefficient (Wildman–Crippen LogP) is 1.17. The third kappa shape index (κ3) is 4.28. The molecule has 1 aliphatic rings. The molecular weight excluding hydrogens is 278 g/mol. The molecule has 6 heteroatoms. The van der Waals surface area contributed by atoms with Gasteiger partial charge in [-0.1, -0.05) is 24.3 Å². The number of nitrogens with one attached hydrogen (secondary N) is 1. The van der Waals surface area contributed by atoms with Gasteiger partial charge in [0.25, 0.3) is 0 Å². The predicted molar refractivity (Wildman–Crippen MR) is 76.6 cm³/mol. The van der Waals surface area contributed by atoms with Crippen molar-refractivity contribution in [3.05, 3.63) is 35.4 Å². The van der Waals surface area contributed by atoms with Gasteiger partial charge in [-0.2, -0.15) is 0 Å². The first kappa shape index (κ1) is 15.4. The van der Waals surface area contributed by atoms with Gasteiger partial charge in [0.15, 0.2) is 0 Å². The molecule has 112 valence electrons. The Morgan fingerprint density at radius 1 is 1.30 bits per heavy atom. The highest BCUT2D eigenvalue weighted by molar-refractivity contribution is 7.88. The number of ether oxygens (including phenoxy) is 1. The van der Waals surface area contributed by atoms with Crippen LogP contribution in [0.15, 0.2) is 24.3 Å².